The molecule has 0 amide bonds. The standard InChI is InChI=1S/C13H15ClN2O/c1-2-13(15)6-5-10(17)7-11(13)9-3-4-12(14)16-8-9/h2-4,8,11H,1,5-7,15H2. The number of halogens is 1. The van der Waals surface area contributed by atoms with Crippen LogP contribution in [0.15, 0.2) is 31.0 Å². The lowest BCUT2D eigenvalue weighted by Crippen LogP contribution is -2.47. The van der Waals surface area contributed by atoms with Crippen molar-refractivity contribution in [2.75, 3.05) is 0 Å². The number of carbonyl (C=O) groups excluding carboxylic acids is 1. The summed E-state index contributed by atoms with van der Waals surface area (Å²) in [5.74, 6) is 0.193. The number of Topliss-reactive ketones (excluding diaryl/α,β-unsaturated/α-hetero) is 1. The summed E-state index contributed by atoms with van der Waals surface area (Å²) in [6.45, 7) is 3.79. The number of nitrogens with two attached hydrogens (primary N) is 1. The van der Waals surface area contributed by atoms with E-state index in [-0.39, 0.29) is 11.7 Å². The van der Waals surface area contributed by atoms with Gasteiger partial charge in [0.25, 0.3) is 0 Å². The van der Waals surface area contributed by atoms with Crippen LogP contribution in [0.5, 0.6) is 0 Å². The summed E-state index contributed by atoms with van der Waals surface area (Å²) >= 11 is 5.75. The fraction of sp³-hybridized carbons (Fsp3) is 0.385. The van der Waals surface area contributed by atoms with Gasteiger partial charge in [0.15, 0.2) is 0 Å². The average molecular weight is 251 g/mol. The number of carbonyl (C=O) groups is 1. The first-order valence-corrected chi connectivity index (χ1v) is 5.98. The fourth-order valence-electron chi connectivity index (χ4n) is 2.32. The van der Waals surface area contributed by atoms with Gasteiger partial charge in [-0.2, -0.15) is 0 Å². The van der Waals surface area contributed by atoms with Crippen molar-refractivity contribution in [2.24, 2.45) is 5.73 Å². The summed E-state index contributed by atoms with van der Waals surface area (Å²) < 4.78 is 0. The Morgan fingerprint density at radius 2 is 2.35 bits per heavy atom. The van der Waals surface area contributed by atoms with Crippen molar-refractivity contribution >= 4 is 17.4 Å². The molecular weight excluding hydrogens is 236 g/mol. The maximum Gasteiger partial charge on any atom is 0.133 e. The highest BCUT2D eigenvalue weighted by atomic mass is 35.5. The highest BCUT2D eigenvalue weighted by molar-refractivity contribution is 6.29. The van der Waals surface area contributed by atoms with Gasteiger partial charge in [-0.25, -0.2) is 4.98 Å². The molecule has 3 nitrogen and oxygen atoms in total. The first kappa shape index (κ1) is 12.3. The highest BCUT2D eigenvalue weighted by Gasteiger charge is 2.38. The lowest BCUT2D eigenvalue weighted by Gasteiger charge is -2.38. The molecular formula is C13H15ClN2O. The molecule has 1 aromatic rings. The smallest absolute Gasteiger partial charge is 0.133 e. The highest BCUT2D eigenvalue weighted by Crippen LogP contribution is 2.38. The monoisotopic (exact) mass is 250 g/mol. The number of hydrogen-bond donors (Lipinski definition) is 1. The molecule has 0 saturated heterocycles. The second kappa shape index (κ2) is 4.59. The third kappa shape index (κ3) is 2.40. The molecule has 0 aromatic carbocycles. The lowest BCUT2D eigenvalue weighted by molar-refractivity contribution is -0.121. The summed E-state index contributed by atoms with van der Waals surface area (Å²) in [4.78, 5) is 15.6. The SMILES string of the molecule is C=CC1(N)CCC(=O)CC1c1ccc(Cl)nc1. The van der Waals surface area contributed by atoms with Crippen molar-refractivity contribution in [3.63, 3.8) is 0 Å². The molecule has 2 rings (SSSR count). The van der Waals surface area contributed by atoms with E-state index in [0.717, 1.165) is 5.56 Å². The zero-order chi connectivity index (χ0) is 12.5. The Bertz CT molecular complexity index is 443. The van der Waals surface area contributed by atoms with Gasteiger partial charge in [0.05, 0.1) is 0 Å². The van der Waals surface area contributed by atoms with Crippen LogP contribution >= 0.6 is 11.6 Å². The quantitative estimate of drug-likeness (QED) is 0.648. The Morgan fingerprint density at radius 3 is 2.94 bits per heavy atom. The molecule has 0 aliphatic heterocycles. The van der Waals surface area contributed by atoms with Gasteiger partial charge >= 0.3 is 0 Å². The van der Waals surface area contributed by atoms with E-state index >= 15 is 0 Å². The van der Waals surface area contributed by atoms with Gasteiger partial charge in [-0.05, 0) is 18.1 Å². The Balaban J connectivity index is 2.35. The molecule has 2 N–H and O–H groups in total. The predicted octanol–water partition coefficient (Wildman–Crippen LogP) is 2.46. The maximum atomic E-state index is 11.6. The molecule has 1 aliphatic rings. The van der Waals surface area contributed by atoms with Crippen LogP contribution in [0, 0.1) is 0 Å². The van der Waals surface area contributed by atoms with Gasteiger partial charge in [-0.15, -0.1) is 6.58 Å². The Morgan fingerprint density at radius 1 is 1.59 bits per heavy atom. The van der Waals surface area contributed by atoms with Crippen molar-refractivity contribution in [1.29, 1.82) is 0 Å². The molecule has 0 radical (unpaired) electrons. The van der Waals surface area contributed by atoms with Crippen LogP contribution < -0.4 is 5.73 Å². The Kier molecular flexibility index (Phi) is 3.31. The number of hydrogen-bond acceptors (Lipinski definition) is 3. The topological polar surface area (TPSA) is 56.0 Å². The number of ketones is 1. The van der Waals surface area contributed by atoms with Gasteiger partial charge in [0, 0.05) is 30.5 Å². The van der Waals surface area contributed by atoms with Crippen LogP contribution in [0.2, 0.25) is 5.15 Å². The summed E-state index contributed by atoms with van der Waals surface area (Å²) in [5.41, 5.74) is 6.73. The van der Waals surface area contributed by atoms with Crippen LogP contribution in [0.4, 0.5) is 0 Å². The summed E-state index contributed by atoms with van der Waals surface area (Å²) in [6.07, 6.45) is 5.06. The summed E-state index contributed by atoms with van der Waals surface area (Å²) in [7, 11) is 0. The van der Waals surface area contributed by atoms with Crippen molar-refractivity contribution in [1.82, 2.24) is 4.98 Å². The van der Waals surface area contributed by atoms with E-state index in [1.54, 1.807) is 18.3 Å². The molecule has 1 saturated carbocycles. The van der Waals surface area contributed by atoms with Crippen LogP contribution in [-0.2, 0) is 4.79 Å². The summed E-state index contributed by atoms with van der Waals surface area (Å²) in [5, 5.41) is 0.442. The van der Waals surface area contributed by atoms with Crippen molar-refractivity contribution in [3.05, 3.63) is 41.7 Å². The number of nitrogens with zero attached hydrogens (tertiary/aromatic N) is 1. The van der Waals surface area contributed by atoms with Gasteiger partial charge in [0.1, 0.15) is 10.9 Å². The van der Waals surface area contributed by atoms with E-state index in [1.165, 1.54) is 0 Å². The number of aromatic nitrogens is 1. The van der Waals surface area contributed by atoms with E-state index in [0.29, 0.717) is 24.4 Å². The minimum Gasteiger partial charge on any atom is -0.321 e. The largest absolute Gasteiger partial charge is 0.321 e. The molecule has 0 spiro atoms. The van der Waals surface area contributed by atoms with Crippen molar-refractivity contribution in [2.45, 2.75) is 30.7 Å². The molecule has 1 fully saturated rings. The molecule has 17 heavy (non-hydrogen) atoms. The van der Waals surface area contributed by atoms with Crippen LogP contribution in [-0.4, -0.2) is 16.3 Å². The first-order chi connectivity index (χ1) is 8.05. The van der Waals surface area contributed by atoms with Gasteiger partial charge in [-0.3, -0.25) is 4.79 Å². The third-order valence-corrected chi connectivity index (χ3v) is 3.67. The zero-order valence-electron chi connectivity index (χ0n) is 9.53. The molecule has 2 unspecified atom stereocenters. The molecule has 0 bridgehead atoms. The number of pyridine rings is 1. The predicted molar refractivity (Wildman–Crippen MR) is 68.0 cm³/mol. The van der Waals surface area contributed by atoms with Crippen LogP contribution in [0.3, 0.4) is 0 Å². The summed E-state index contributed by atoms with van der Waals surface area (Å²) in [6, 6.07) is 3.60. The normalized spacial score (nSPS) is 29.1. The molecule has 2 atom stereocenters. The number of rotatable bonds is 2. The Hall–Kier alpha value is -1.19. The van der Waals surface area contributed by atoms with Crippen LogP contribution in [0.1, 0.15) is 30.7 Å². The van der Waals surface area contributed by atoms with Gasteiger partial charge < -0.3 is 5.73 Å². The Labute approximate surface area is 106 Å². The van der Waals surface area contributed by atoms with Crippen LogP contribution in [0.25, 0.3) is 0 Å². The third-order valence-electron chi connectivity index (χ3n) is 3.45. The fourth-order valence-corrected chi connectivity index (χ4v) is 2.43. The van der Waals surface area contributed by atoms with E-state index in [9.17, 15) is 4.79 Å². The molecule has 1 heterocycles. The molecule has 90 valence electrons. The molecule has 4 heteroatoms. The lowest BCUT2D eigenvalue weighted by atomic mass is 9.70. The first-order valence-electron chi connectivity index (χ1n) is 5.61. The van der Waals surface area contributed by atoms with Crippen molar-refractivity contribution in [3.8, 4) is 0 Å². The molecule has 1 aromatic heterocycles. The minimum atomic E-state index is -0.524. The van der Waals surface area contributed by atoms with Crippen molar-refractivity contribution < 1.29 is 4.79 Å². The van der Waals surface area contributed by atoms with E-state index in [1.807, 2.05) is 6.07 Å². The second-order valence-corrected chi connectivity index (χ2v) is 4.91. The zero-order valence-corrected chi connectivity index (χ0v) is 10.3. The second-order valence-electron chi connectivity index (χ2n) is 4.53. The average Bonchev–Trinajstić information content (AvgIpc) is 2.34. The van der Waals surface area contributed by atoms with E-state index < -0.39 is 5.54 Å². The van der Waals surface area contributed by atoms with Gasteiger partial charge in [-0.1, -0.05) is 23.7 Å². The van der Waals surface area contributed by atoms with Gasteiger partial charge in [0.2, 0.25) is 0 Å². The van der Waals surface area contributed by atoms with E-state index in [2.05, 4.69) is 11.6 Å². The van der Waals surface area contributed by atoms with E-state index in [4.69, 9.17) is 17.3 Å². The minimum absolute atomic E-state index is 0.0500. The molecule has 1 aliphatic carbocycles. The maximum absolute atomic E-state index is 11.6.